The number of allylic oxidation sites excluding steroid dienone is 14. The lowest BCUT2D eigenvalue weighted by Crippen LogP contribution is -2.30. The molecule has 0 rings (SSSR count). The lowest BCUT2D eigenvalue weighted by molar-refractivity contribution is -0.167. The molecular weight excluding hydrogens is 913 g/mol. The minimum atomic E-state index is -0.783. The van der Waals surface area contributed by atoms with Crippen LogP contribution >= 0.6 is 0 Å². The Balaban J connectivity index is 4.17. The van der Waals surface area contributed by atoms with Gasteiger partial charge in [-0.05, 0) is 109 Å². The van der Waals surface area contributed by atoms with Crippen molar-refractivity contribution in [1.82, 2.24) is 0 Å². The summed E-state index contributed by atoms with van der Waals surface area (Å²) in [5.74, 6) is -0.889. The lowest BCUT2D eigenvalue weighted by atomic mass is 10.0. The van der Waals surface area contributed by atoms with Gasteiger partial charge in [-0.3, -0.25) is 14.4 Å². The summed E-state index contributed by atoms with van der Waals surface area (Å²) in [4.78, 5) is 38.2. The van der Waals surface area contributed by atoms with E-state index in [0.717, 1.165) is 109 Å². The number of carbonyl (C=O) groups excluding carboxylic acids is 3. The molecular formula is C68H118O6. The highest BCUT2D eigenvalue weighted by molar-refractivity contribution is 5.71. The first-order valence-corrected chi connectivity index (χ1v) is 31.6. The molecule has 0 aliphatic heterocycles. The van der Waals surface area contributed by atoms with Crippen molar-refractivity contribution in [1.29, 1.82) is 0 Å². The van der Waals surface area contributed by atoms with Crippen molar-refractivity contribution in [2.75, 3.05) is 13.2 Å². The molecule has 0 aliphatic rings. The summed E-state index contributed by atoms with van der Waals surface area (Å²) in [5, 5.41) is 0. The summed E-state index contributed by atoms with van der Waals surface area (Å²) >= 11 is 0. The van der Waals surface area contributed by atoms with E-state index in [-0.39, 0.29) is 31.1 Å². The topological polar surface area (TPSA) is 78.9 Å². The van der Waals surface area contributed by atoms with Crippen molar-refractivity contribution in [2.24, 2.45) is 0 Å². The second-order valence-electron chi connectivity index (χ2n) is 20.9. The molecule has 0 aromatic heterocycles. The molecule has 0 heterocycles. The van der Waals surface area contributed by atoms with E-state index in [1.165, 1.54) is 161 Å². The zero-order valence-corrected chi connectivity index (χ0v) is 48.8. The Morgan fingerprint density at radius 3 is 0.892 bits per heavy atom. The van der Waals surface area contributed by atoms with Crippen LogP contribution in [0.1, 0.15) is 310 Å². The van der Waals surface area contributed by atoms with Crippen LogP contribution in [-0.2, 0) is 28.6 Å². The number of hydrogen-bond donors (Lipinski definition) is 0. The van der Waals surface area contributed by atoms with Gasteiger partial charge in [-0.15, -0.1) is 0 Å². The number of rotatable bonds is 57. The van der Waals surface area contributed by atoms with Crippen molar-refractivity contribution >= 4 is 17.9 Å². The van der Waals surface area contributed by atoms with E-state index in [1.807, 2.05) is 0 Å². The van der Waals surface area contributed by atoms with Gasteiger partial charge in [0.15, 0.2) is 6.10 Å². The van der Waals surface area contributed by atoms with Crippen molar-refractivity contribution < 1.29 is 28.6 Å². The third-order valence-corrected chi connectivity index (χ3v) is 13.6. The first kappa shape index (κ1) is 70.6. The van der Waals surface area contributed by atoms with Crippen molar-refractivity contribution in [3.63, 3.8) is 0 Å². The summed E-state index contributed by atoms with van der Waals surface area (Å²) in [5.41, 5.74) is 0. The largest absolute Gasteiger partial charge is 0.462 e. The fourth-order valence-corrected chi connectivity index (χ4v) is 8.88. The van der Waals surface area contributed by atoms with Gasteiger partial charge in [0, 0.05) is 19.3 Å². The molecule has 0 spiro atoms. The SMILES string of the molecule is CC/C=C\C/C=C\C/C=C\C/C=C\CCCCCCCCCCCCCCCCCCC(=O)OCC(COC(=O)CCCCCCC/C=C\CCC)OC(=O)CCCCCCCCC/C=C\C/C=C\CCCCC. The van der Waals surface area contributed by atoms with Gasteiger partial charge in [0.25, 0.3) is 0 Å². The number of unbranched alkanes of at least 4 members (excludes halogenated alkanes) is 32. The molecule has 0 bridgehead atoms. The van der Waals surface area contributed by atoms with Crippen molar-refractivity contribution in [2.45, 2.75) is 316 Å². The summed E-state index contributed by atoms with van der Waals surface area (Å²) in [6.45, 7) is 6.45. The predicted molar refractivity (Wildman–Crippen MR) is 321 cm³/mol. The van der Waals surface area contributed by atoms with E-state index in [0.29, 0.717) is 19.3 Å². The Labute approximate surface area is 458 Å². The molecule has 6 nitrogen and oxygen atoms in total. The van der Waals surface area contributed by atoms with E-state index in [2.05, 4.69) is 106 Å². The van der Waals surface area contributed by atoms with Crippen molar-refractivity contribution in [3.05, 3.63) is 85.1 Å². The quantitative estimate of drug-likeness (QED) is 0.0261. The second kappa shape index (κ2) is 62.1. The van der Waals surface area contributed by atoms with Gasteiger partial charge < -0.3 is 14.2 Å². The minimum Gasteiger partial charge on any atom is -0.462 e. The number of esters is 3. The molecule has 0 fully saturated rings. The smallest absolute Gasteiger partial charge is 0.306 e. The maximum absolute atomic E-state index is 12.9. The van der Waals surface area contributed by atoms with E-state index in [4.69, 9.17) is 14.2 Å². The zero-order valence-electron chi connectivity index (χ0n) is 48.8. The average Bonchev–Trinajstić information content (AvgIpc) is 3.40. The van der Waals surface area contributed by atoms with E-state index >= 15 is 0 Å². The first-order chi connectivity index (χ1) is 36.5. The molecule has 1 unspecified atom stereocenters. The Morgan fingerprint density at radius 2 is 0.554 bits per heavy atom. The minimum absolute atomic E-state index is 0.0801. The van der Waals surface area contributed by atoms with Gasteiger partial charge in [-0.25, -0.2) is 0 Å². The molecule has 1 atom stereocenters. The van der Waals surface area contributed by atoms with Crippen LogP contribution < -0.4 is 0 Å². The molecule has 74 heavy (non-hydrogen) atoms. The fraction of sp³-hybridized carbons (Fsp3) is 0.750. The predicted octanol–water partition coefficient (Wildman–Crippen LogP) is 21.5. The van der Waals surface area contributed by atoms with Crippen LogP contribution in [-0.4, -0.2) is 37.2 Å². The van der Waals surface area contributed by atoms with Gasteiger partial charge >= 0.3 is 17.9 Å². The van der Waals surface area contributed by atoms with Gasteiger partial charge in [-0.1, -0.05) is 266 Å². The highest BCUT2D eigenvalue weighted by atomic mass is 16.6. The van der Waals surface area contributed by atoms with Gasteiger partial charge in [0.1, 0.15) is 13.2 Å². The standard InChI is InChI=1S/C68H118O6/c1-4-7-10-13-16-19-22-24-26-28-29-30-31-32-33-34-35-36-37-38-39-41-42-44-46-49-52-55-58-61-67(70)73-64-65(63-72-66(69)60-57-54-51-48-21-18-15-12-9-6-3)74-68(71)62-59-56-53-50-47-45-43-40-27-25-23-20-17-14-11-8-5-2/h7,10,12,15-17,19-20,24-27,29-30,65H,4-6,8-9,11,13-14,18,21-23,28,31-64H2,1-3H3/b10-7-,15-12-,19-16-,20-17-,26-24-,27-25-,30-29-. The molecule has 0 amide bonds. The first-order valence-electron chi connectivity index (χ1n) is 31.6. The lowest BCUT2D eigenvalue weighted by Gasteiger charge is -2.18. The highest BCUT2D eigenvalue weighted by Gasteiger charge is 2.19. The number of ether oxygens (including phenoxy) is 3. The molecule has 0 N–H and O–H groups in total. The van der Waals surface area contributed by atoms with E-state index in [9.17, 15) is 14.4 Å². The summed E-state index contributed by atoms with van der Waals surface area (Å²) in [6.07, 6.45) is 81.7. The maximum atomic E-state index is 12.9. The van der Waals surface area contributed by atoms with Gasteiger partial charge in [0.2, 0.25) is 0 Å². The van der Waals surface area contributed by atoms with Crippen LogP contribution in [0.25, 0.3) is 0 Å². The van der Waals surface area contributed by atoms with Crippen LogP contribution in [0.3, 0.4) is 0 Å². The number of hydrogen-bond acceptors (Lipinski definition) is 6. The van der Waals surface area contributed by atoms with E-state index in [1.54, 1.807) is 0 Å². The third kappa shape index (κ3) is 59.5. The van der Waals surface area contributed by atoms with Crippen LogP contribution in [0.15, 0.2) is 85.1 Å². The molecule has 0 aliphatic carbocycles. The highest BCUT2D eigenvalue weighted by Crippen LogP contribution is 2.16. The maximum Gasteiger partial charge on any atom is 0.306 e. The molecule has 6 heteroatoms. The zero-order chi connectivity index (χ0) is 53.6. The molecule has 0 aromatic carbocycles. The van der Waals surface area contributed by atoms with Crippen molar-refractivity contribution in [3.8, 4) is 0 Å². The van der Waals surface area contributed by atoms with Gasteiger partial charge in [0.05, 0.1) is 0 Å². The molecule has 0 aromatic rings. The molecule has 0 saturated heterocycles. The van der Waals surface area contributed by atoms with E-state index < -0.39 is 6.10 Å². The molecule has 426 valence electrons. The normalized spacial score (nSPS) is 12.6. The summed E-state index contributed by atoms with van der Waals surface area (Å²) in [6, 6.07) is 0. The molecule has 0 radical (unpaired) electrons. The Hall–Kier alpha value is -3.41. The van der Waals surface area contributed by atoms with Gasteiger partial charge in [-0.2, -0.15) is 0 Å². The summed E-state index contributed by atoms with van der Waals surface area (Å²) in [7, 11) is 0. The second-order valence-corrected chi connectivity index (χ2v) is 20.9. The van der Waals surface area contributed by atoms with Crippen LogP contribution in [0.2, 0.25) is 0 Å². The monoisotopic (exact) mass is 1030 g/mol. The third-order valence-electron chi connectivity index (χ3n) is 13.6. The Morgan fingerprint density at radius 1 is 0.284 bits per heavy atom. The number of carbonyl (C=O) groups is 3. The Bertz CT molecular complexity index is 1420. The van der Waals surface area contributed by atoms with Crippen LogP contribution in [0.4, 0.5) is 0 Å². The fourth-order valence-electron chi connectivity index (χ4n) is 8.88. The average molecular weight is 1030 g/mol. The Kier molecular flexibility index (Phi) is 59.3. The van der Waals surface area contributed by atoms with Crippen LogP contribution in [0.5, 0.6) is 0 Å². The molecule has 0 saturated carbocycles. The summed E-state index contributed by atoms with van der Waals surface area (Å²) < 4.78 is 16.9. The van der Waals surface area contributed by atoms with Crippen LogP contribution in [0, 0.1) is 0 Å².